The lowest BCUT2D eigenvalue weighted by Gasteiger charge is -2.33. The second-order valence-electron chi connectivity index (χ2n) is 6.96. The van der Waals surface area contributed by atoms with Crippen molar-refractivity contribution >= 4 is 35.8 Å². The van der Waals surface area contributed by atoms with Gasteiger partial charge in [-0.05, 0) is 50.4 Å². The Balaban J connectivity index is 0.00000261. The third-order valence-corrected chi connectivity index (χ3v) is 5.42. The Hall–Kier alpha value is -1.50. The number of nitrogens with zero attached hydrogens (tertiary/aromatic N) is 1. The van der Waals surface area contributed by atoms with Gasteiger partial charge in [0.05, 0.1) is 12.7 Å². The second kappa shape index (κ2) is 10.2. The van der Waals surface area contributed by atoms with Crippen LogP contribution in [0.4, 0.5) is 0 Å². The summed E-state index contributed by atoms with van der Waals surface area (Å²) in [6.07, 6.45) is 3.49. The van der Waals surface area contributed by atoms with E-state index in [9.17, 15) is 9.59 Å². The van der Waals surface area contributed by atoms with Crippen LogP contribution in [0.3, 0.4) is 0 Å². The summed E-state index contributed by atoms with van der Waals surface area (Å²) >= 11 is 6.03. The lowest BCUT2D eigenvalue weighted by atomic mass is 9.94. The lowest BCUT2D eigenvalue weighted by molar-refractivity contribution is -0.127. The Bertz CT molecular complexity index is 658. The average Bonchev–Trinajstić information content (AvgIpc) is 2.68. The number of ether oxygens (including phenoxy) is 1. The van der Waals surface area contributed by atoms with E-state index in [-0.39, 0.29) is 36.2 Å². The third kappa shape index (κ3) is 5.50. The number of rotatable bonds is 4. The molecule has 8 heteroatoms. The first-order valence-corrected chi connectivity index (χ1v) is 9.60. The van der Waals surface area contributed by atoms with E-state index in [1.54, 1.807) is 23.1 Å². The molecule has 1 atom stereocenters. The van der Waals surface area contributed by atoms with E-state index in [1.165, 1.54) is 7.11 Å². The number of amides is 2. The molecule has 0 aromatic heterocycles. The molecule has 2 aliphatic rings. The SMILES string of the molecule is COc1ccc(Cl)cc1C(=O)N1CCC(C(=O)N[C@H]2CCCNC2)CC1.Cl. The van der Waals surface area contributed by atoms with Gasteiger partial charge >= 0.3 is 0 Å². The van der Waals surface area contributed by atoms with E-state index in [2.05, 4.69) is 10.6 Å². The van der Waals surface area contributed by atoms with Gasteiger partial charge < -0.3 is 20.3 Å². The number of benzene rings is 1. The Kier molecular flexibility index (Phi) is 8.20. The van der Waals surface area contributed by atoms with Crippen LogP contribution in [0.5, 0.6) is 5.75 Å². The molecule has 0 radical (unpaired) electrons. The highest BCUT2D eigenvalue weighted by Gasteiger charge is 2.30. The molecule has 0 unspecified atom stereocenters. The highest BCUT2D eigenvalue weighted by atomic mass is 35.5. The van der Waals surface area contributed by atoms with E-state index >= 15 is 0 Å². The maximum absolute atomic E-state index is 12.8. The molecule has 150 valence electrons. The zero-order chi connectivity index (χ0) is 18.5. The van der Waals surface area contributed by atoms with Crippen LogP contribution in [0.2, 0.25) is 5.02 Å². The van der Waals surface area contributed by atoms with Crippen LogP contribution in [0.25, 0.3) is 0 Å². The maximum Gasteiger partial charge on any atom is 0.257 e. The zero-order valence-corrected chi connectivity index (χ0v) is 17.1. The van der Waals surface area contributed by atoms with E-state index < -0.39 is 0 Å². The van der Waals surface area contributed by atoms with Crippen molar-refractivity contribution in [2.75, 3.05) is 33.3 Å². The molecule has 0 saturated carbocycles. The van der Waals surface area contributed by atoms with Gasteiger partial charge in [0.2, 0.25) is 5.91 Å². The Morgan fingerprint density at radius 2 is 2.00 bits per heavy atom. The van der Waals surface area contributed by atoms with Gasteiger partial charge in [-0.2, -0.15) is 0 Å². The van der Waals surface area contributed by atoms with Crippen molar-refractivity contribution in [3.05, 3.63) is 28.8 Å². The number of hydrogen-bond donors (Lipinski definition) is 2. The number of piperidine rings is 2. The second-order valence-corrected chi connectivity index (χ2v) is 7.40. The summed E-state index contributed by atoms with van der Waals surface area (Å²) < 4.78 is 5.28. The Morgan fingerprint density at radius 1 is 1.26 bits per heavy atom. The predicted molar refractivity (Wildman–Crippen MR) is 108 cm³/mol. The van der Waals surface area contributed by atoms with Crippen LogP contribution in [0.15, 0.2) is 18.2 Å². The molecule has 0 bridgehead atoms. The minimum atomic E-state index is -0.0975. The fraction of sp³-hybridized carbons (Fsp3) is 0.579. The molecule has 2 fully saturated rings. The van der Waals surface area contributed by atoms with Crippen molar-refractivity contribution in [2.24, 2.45) is 5.92 Å². The van der Waals surface area contributed by atoms with Gasteiger partial charge in [-0.15, -0.1) is 12.4 Å². The molecule has 6 nitrogen and oxygen atoms in total. The molecule has 2 aliphatic heterocycles. The predicted octanol–water partition coefficient (Wildman–Crippen LogP) is 2.49. The van der Waals surface area contributed by atoms with Crippen molar-refractivity contribution in [1.29, 1.82) is 0 Å². The van der Waals surface area contributed by atoms with Crippen molar-refractivity contribution in [2.45, 2.75) is 31.7 Å². The quantitative estimate of drug-likeness (QED) is 0.792. The highest BCUT2D eigenvalue weighted by Crippen LogP contribution is 2.26. The van der Waals surface area contributed by atoms with Crippen molar-refractivity contribution in [3.63, 3.8) is 0 Å². The van der Waals surface area contributed by atoms with Crippen molar-refractivity contribution in [1.82, 2.24) is 15.5 Å². The maximum atomic E-state index is 12.8. The van der Waals surface area contributed by atoms with Gasteiger partial charge in [-0.1, -0.05) is 11.6 Å². The van der Waals surface area contributed by atoms with E-state index in [0.717, 1.165) is 25.9 Å². The zero-order valence-electron chi connectivity index (χ0n) is 15.5. The van der Waals surface area contributed by atoms with Gasteiger partial charge in [-0.25, -0.2) is 0 Å². The first-order chi connectivity index (χ1) is 12.6. The minimum absolute atomic E-state index is 0. The van der Waals surface area contributed by atoms with Crippen LogP contribution in [-0.4, -0.2) is 56.0 Å². The number of carbonyl (C=O) groups is 2. The fourth-order valence-electron chi connectivity index (χ4n) is 3.66. The minimum Gasteiger partial charge on any atom is -0.496 e. The monoisotopic (exact) mass is 415 g/mol. The Morgan fingerprint density at radius 3 is 2.63 bits per heavy atom. The van der Waals surface area contributed by atoms with Crippen LogP contribution < -0.4 is 15.4 Å². The normalized spacial score (nSPS) is 20.5. The molecule has 3 rings (SSSR count). The van der Waals surface area contributed by atoms with Crippen LogP contribution in [0, 0.1) is 5.92 Å². The molecule has 0 aliphatic carbocycles. The highest BCUT2D eigenvalue weighted by molar-refractivity contribution is 6.31. The number of likely N-dealkylation sites (tertiary alicyclic amines) is 1. The first-order valence-electron chi connectivity index (χ1n) is 9.22. The lowest BCUT2D eigenvalue weighted by Crippen LogP contribution is -2.49. The van der Waals surface area contributed by atoms with E-state index in [0.29, 0.717) is 42.3 Å². The number of carbonyl (C=O) groups excluding carboxylic acids is 2. The largest absolute Gasteiger partial charge is 0.496 e. The molecule has 1 aromatic carbocycles. The number of nitrogens with one attached hydrogen (secondary N) is 2. The summed E-state index contributed by atoms with van der Waals surface area (Å²) in [6.45, 7) is 3.00. The first kappa shape index (κ1) is 21.8. The molecule has 2 amide bonds. The standard InChI is InChI=1S/C19H26ClN3O3.ClH/c1-26-17-5-4-14(20)11-16(17)19(25)23-9-6-13(7-10-23)18(24)22-15-3-2-8-21-12-15;/h4-5,11,13,15,21H,2-3,6-10,12H2,1H3,(H,22,24);1H/t15-;/m0./s1. The number of methoxy groups -OCH3 is 1. The molecule has 2 heterocycles. The summed E-state index contributed by atoms with van der Waals surface area (Å²) in [4.78, 5) is 27.1. The van der Waals surface area contributed by atoms with E-state index in [1.807, 2.05) is 0 Å². The molecular weight excluding hydrogens is 389 g/mol. The summed E-state index contributed by atoms with van der Waals surface area (Å²) in [6, 6.07) is 5.27. The van der Waals surface area contributed by atoms with Gasteiger partial charge in [0.15, 0.2) is 0 Å². The molecule has 2 N–H and O–H groups in total. The van der Waals surface area contributed by atoms with Crippen LogP contribution in [-0.2, 0) is 4.79 Å². The summed E-state index contributed by atoms with van der Waals surface area (Å²) in [5.74, 6) is 0.511. The average molecular weight is 416 g/mol. The van der Waals surface area contributed by atoms with Crippen molar-refractivity contribution in [3.8, 4) is 5.75 Å². The number of halogens is 2. The summed E-state index contributed by atoms with van der Waals surface area (Å²) in [7, 11) is 1.54. The Labute approximate surface area is 171 Å². The molecule has 1 aromatic rings. The van der Waals surface area contributed by atoms with Gasteiger partial charge in [0.1, 0.15) is 5.75 Å². The molecule has 27 heavy (non-hydrogen) atoms. The van der Waals surface area contributed by atoms with E-state index in [4.69, 9.17) is 16.3 Å². The van der Waals surface area contributed by atoms with Gasteiger partial charge in [0, 0.05) is 36.6 Å². The van der Waals surface area contributed by atoms with Crippen LogP contribution >= 0.6 is 24.0 Å². The number of hydrogen-bond acceptors (Lipinski definition) is 4. The van der Waals surface area contributed by atoms with Gasteiger partial charge in [-0.3, -0.25) is 9.59 Å². The molecule has 2 saturated heterocycles. The fourth-order valence-corrected chi connectivity index (χ4v) is 3.83. The van der Waals surface area contributed by atoms with Crippen LogP contribution in [0.1, 0.15) is 36.0 Å². The van der Waals surface area contributed by atoms with Gasteiger partial charge in [0.25, 0.3) is 5.91 Å². The van der Waals surface area contributed by atoms with Crippen molar-refractivity contribution < 1.29 is 14.3 Å². The molecular formula is C19H27Cl2N3O3. The summed E-state index contributed by atoms with van der Waals surface area (Å²) in [5, 5.41) is 6.96. The molecule has 0 spiro atoms. The summed E-state index contributed by atoms with van der Waals surface area (Å²) in [5.41, 5.74) is 0.469. The third-order valence-electron chi connectivity index (χ3n) is 5.19. The topological polar surface area (TPSA) is 70.7 Å². The smallest absolute Gasteiger partial charge is 0.257 e.